The zero-order chi connectivity index (χ0) is 22.9. The number of benzene rings is 1. The molecule has 1 amide bonds. The number of aromatic nitrogens is 4. The molecule has 33 heavy (non-hydrogen) atoms. The quantitative estimate of drug-likeness (QED) is 0.456. The molecule has 0 radical (unpaired) electrons. The van der Waals surface area contributed by atoms with E-state index < -0.39 is 0 Å². The summed E-state index contributed by atoms with van der Waals surface area (Å²) in [5.74, 6) is 1.38. The predicted molar refractivity (Wildman–Crippen MR) is 126 cm³/mol. The summed E-state index contributed by atoms with van der Waals surface area (Å²) >= 11 is 5.97. The average Bonchev–Trinajstić information content (AvgIpc) is 3.50. The first-order valence-electron chi connectivity index (χ1n) is 10.8. The number of nitrogen functional groups attached to an aromatic ring is 1. The van der Waals surface area contributed by atoms with E-state index >= 15 is 0 Å². The second-order valence-electron chi connectivity index (χ2n) is 8.09. The molecule has 1 aliphatic heterocycles. The van der Waals surface area contributed by atoms with Crippen molar-refractivity contribution in [2.75, 3.05) is 12.3 Å². The number of oxazole rings is 1. The monoisotopic (exact) mass is 462 g/mol. The highest BCUT2D eigenvalue weighted by atomic mass is 35.5. The number of nitrogens with zero attached hydrogens (tertiary/aromatic N) is 5. The van der Waals surface area contributed by atoms with E-state index in [2.05, 4.69) is 15.1 Å². The SMILES string of the molecule is CC(=O)N1CCCCC1n1cc(-c2cnc(N)c(-c3ncc(-c4ccc(Cl)cc4)o3)c2)cn1. The van der Waals surface area contributed by atoms with Crippen LogP contribution < -0.4 is 5.73 Å². The van der Waals surface area contributed by atoms with Crippen LogP contribution in [0.4, 0.5) is 5.82 Å². The summed E-state index contributed by atoms with van der Waals surface area (Å²) in [5.41, 5.74) is 9.33. The lowest BCUT2D eigenvalue weighted by atomic mass is 10.1. The highest BCUT2D eigenvalue weighted by Crippen LogP contribution is 2.33. The van der Waals surface area contributed by atoms with E-state index in [0.29, 0.717) is 28.1 Å². The van der Waals surface area contributed by atoms with Crippen LogP contribution in [0.15, 0.2) is 59.5 Å². The van der Waals surface area contributed by atoms with Gasteiger partial charge in [0.25, 0.3) is 0 Å². The van der Waals surface area contributed by atoms with Crippen LogP contribution in [0.5, 0.6) is 0 Å². The third-order valence-electron chi connectivity index (χ3n) is 5.90. The van der Waals surface area contributed by atoms with Crippen molar-refractivity contribution in [3.8, 4) is 33.9 Å². The lowest BCUT2D eigenvalue weighted by Crippen LogP contribution is -2.40. The molecule has 0 saturated carbocycles. The number of nitrogens with two attached hydrogens (primary N) is 1. The van der Waals surface area contributed by atoms with Crippen molar-refractivity contribution in [3.05, 3.63) is 60.1 Å². The first-order chi connectivity index (χ1) is 16.0. The minimum absolute atomic E-state index is 0.0635. The van der Waals surface area contributed by atoms with E-state index in [1.54, 1.807) is 37.6 Å². The van der Waals surface area contributed by atoms with Crippen LogP contribution in [0.1, 0.15) is 32.4 Å². The van der Waals surface area contributed by atoms with Crippen molar-refractivity contribution in [2.45, 2.75) is 32.4 Å². The number of likely N-dealkylation sites (tertiary alicyclic amines) is 1. The smallest absolute Gasteiger partial charge is 0.230 e. The first kappa shape index (κ1) is 21.2. The van der Waals surface area contributed by atoms with Crippen molar-refractivity contribution in [3.63, 3.8) is 0 Å². The molecule has 1 unspecified atom stereocenters. The van der Waals surface area contributed by atoms with E-state index in [0.717, 1.165) is 42.5 Å². The Kier molecular flexibility index (Phi) is 5.60. The molecule has 1 aliphatic rings. The fraction of sp³-hybridized carbons (Fsp3) is 0.250. The maximum absolute atomic E-state index is 12.1. The van der Waals surface area contributed by atoms with Crippen LogP contribution in [-0.4, -0.2) is 37.1 Å². The minimum atomic E-state index is -0.0696. The van der Waals surface area contributed by atoms with Crippen LogP contribution in [0.3, 0.4) is 0 Å². The molecule has 3 aromatic heterocycles. The van der Waals surface area contributed by atoms with Crippen molar-refractivity contribution in [1.82, 2.24) is 24.6 Å². The summed E-state index contributed by atoms with van der Waals surface area (Å²) in [6, 6.07) is 9.23. The van der Waals surface area contributed by atoms with Crippen molar-refractivity contribution < 1.29 is 9.21 Å². The minimum Gasteiger partial charge on any atom is -0.436 e. The Bertz CT molecular complexity index is 1300. The molecular weight excluding hydrogens is 440 g/mol. The molecule has 0 spiro atoms. The number of rotatable bonds is 4. The molecule has 5 rings (SSSR count). The zero-order valence-corrected chi connectivity index (χ0v) is 18.9. The molecule has 0 aliphatic carbocycles. The summed E-state index contributed by atoms with van der Waals surface area (Å²) in [4.78, 5) is 22.7. The van der Waals surface area contributed by atoms with Gasteiger partial charge in [-0.15, -0.1) is 0 Å². The maximum Gasteiger partial charge on any atom is 0.230 e. The Morgan fingerprint density at radius 1 is 1.09 bits per heavy atom. The molecular formula is C24H23ClN6O2. The molecule has 1 fully saturated rings. The van der Waals surface area contributed by atoms with Crippen LogP contribution in [-0.2, 0) is 4.79 Å². The van der Waals surface area contributed by atoms with Gasteiger partial charge in [-0.3, -0.25) is 4.79 Å². The van der Waals surface area contributed by atoms with Crippen molar-refractivity contribution in [1.29, 1.82) is 0 Å². The van der Waals surface area contributed by atoms with Crippen LogP contribution in [0.2, 0.25) is 5.02 Å². The van der Waals surface area contributed by atoms with Gasteiger partial charge in [0.1, 0.15) is 12.0 Å². The molecule has 4 aromatic rings. The van der Waals surface area contributed by atoms with Crippen LogP contribution in [0, 0.1) is 0 Å². The fourth-order valence-corrected chi connectivity index (χ4v) is 4.28. The highest BCUT2D eigenvalue weighted by molar-refractivity contribution is 6.30. The molecule has 0 bridgehead atoms. The Morgan fingerprint density at radius 3 is 2.70 bits per heavy atom. The number of piperidine rings is 1. The van der Waals surface area contributed by atoms with Gasteiger partial charge in [0.2, 0.25) is 11.8 Å². The molecule has 9 heteroatoms. The average molecular weight is 463 g/mol. The number of hydrogen-bond donors (Lipinski definition) is 1. The number of carbonyl (C=O) groups is 1. The Hall–Kier alpha value is -3.65. The van der Waals surface area contributed by atoms with Gasteiger partial charge in [-0.1, -0.05) is 11.6 Å². The zero-order valence-electron chi connectivity index (χ0n) is 18.1. The second-order valence-corrected chi connectivity index (χ2v) is 8.53. The summed E-state index contributed by atoms with van der Waals surface area (Å²) in [5, 5.41) is 5.19. The van der Waals surface area contributed by atoms with Gasteiger partial charge in [-0.2, -0.15) is 5.10 Å². The molecule has 1 saturated heterocycles. The number of hydrogen-bond acceptors (Lipinski definition) is 6. The molecule has 1 aromatic carbocycles. The van der Waals surface area contributed by atoms with Crippen molar-refractivity contribution >= 4 is 23.3 Å². The third kappa shape index (κ3) is 4.21. The molecule has 4 heterocycles. The Balaban J connectivity index is 1.44. The maximum atomic E-state index is 12.1. The number of anilines is 1. The Labute approximate surface area is 196 Å². The second kappa shape index (κ2) is 8.71. The molecule has 8 nitrogen and oxygen atoms in total. The fourth-order valence-electron chi connectivity index (χ4n) is 4.16. The number of halogens is 1. The van der Waals surface area contributed by atoms with E-state index in [1.165, 1.54) is 0 Å². The van der Waals surface area contributed by atoms with Gasteiger partial charge in [-0.25, -0.2) is 14.6 Å². The molecule has 168 valence electrons. The van der Waals surface area contributed by atoms with Crippen LogP contribution in [0.25, 0.3) is 33.9 Å². The topological polar surface area (TPSA) is 103 Å². The van der Waals surface area contributed by atoms with Gasteiger partial charge in [0.05, 0.1) is 18.0 Å². The first-order valence-corrected chi connectivity index (χ1v) is 11.2. The lowest BCUT2D eigenvalue weighted by Gasteiger charge is -2.35. The number of pyridine rings is 1. The van der Waals surface area contributed by atoms with Crippen LogP contribution >= 0.6 is 11.6 Å². The van der Waals surface area contributed by atoms with Gasteiger partial charge in [0, 0.05) is 47.6 Å². The van der Waals surface area contributed by atoms with Gasteiger partial charge < -0.3 is 15.1 Å². The predicted octanol–water partition coefficient (Wildman–Crippen LogP) is 5.03. The number of amides is 1. The van der Waals surface area contributed by atoms with Crippen molar-refractivity contribution in [2.24, 2.45) is 0 Å². The largest absolute Gasteiger partial charge is 0.436 e. The normalized spacial score (nSPS) is 16.2. The molecule has 1 atom stereocenters. The molecule has 2 N–H and O–H groups in total. The van der Waals surface area contributed by atoms with Gasteiger partial charge >= 0.3 is 0 Å². The highest BCUT2D eigenvalue weighted by Gasteiger charge is 2.26. The summed E-state index contributed by atoms with van der Waals surface area (Å²) in [7, 11) is 0. The summed E-state index contributed by atoms with van der Waals surface area (Å²) < 4.78 is 7.83. The lowest BCUT2D eigenvalue weighted by molar-refractivity contribution is -0.135. The summed E-state index contributed by atoms with van der Waals surface area (Å²) in [6.45, 7) is 2.36. The van der Waals surface area contributed by atoms with Gasteiger partial charge in [-0.05, 0) is 49.6 Å². The standard InChI is InChI=1S/C24H23ClN6O2/c1-15(32)30-9-3-2-4-22(30)31-14-18(12-29-31)17-10-20(23(26)27-11-17)24-28-13-21(33-24)16-5-7-19(25)8-6-16/h5-8,10-14,22H,2-4,9H2,1H3,(H2,26,27). The van der Waals surface area contributed by atoms with E-state index in [9.17, 15) is 4.79 Å². The van der Waals surface area contributed by atoms with E-state index in [4.69, 9.17) is 21.8 Å². The van der Waals surface area contributed by atoms with Gasteiger partial charge in [0.15, 0.2) is 5.76 Å². The van der Waals surface area contributed by atoms with E-state index in [1.807, 2.05) is 34.0 Å². The third-order valence-corrected chi connectivity index (χ3v) is 6.15. The number of carbonyl (C=O) groups excluding carboxylic acids is 1. The summed E-state index contributed by atoms with van der Waals surface area (Å²) in [6.07, 6.45) is 9.97. The Morgan fingerprint density at radius 2 is 1.91 bits per heavy atom. The van der Waals surface area contributed by atoms with E-state index in [-0.39, 0.29) is 12.1 Å².